The van der Waals surface area contributed by atoms with Crippen LogP contribution in [0.1, 0.15) is 42.1 Å². The minimum atomic E-state index is -0.0363. The molecule has 1 aliphatic rings. The number of guanidine groups is 1. The number of hydrogen-bond acceptors (Lipinski definition) is 2. The van der Waals surface area contributed by atoms with Gasteiger partial charge in [-0.05, 0) is 37.0 Å². The van der Waals surface area contributed by atoms with Crippen LogP contribution in [0.25, 0.3) is 0 Å². The van der Waals surface area contributed by atoms with Crippen molar-refractivity contribution in [3.63, 3.8) is 0 Å². The first-order valence-corrected chi connectivity index (χ1v) is 7.51. The SMILES string of the molecule is CCCNC(=O)c1cccc(CN=C(N)N(C)C2CC2)c1. The van der Waals surface area contributed by atoms with E-state index in [2.05, 4.69) is 10.3 Å². The fourth-order valence-electron chi connectivity index (χ4n) is 2.08. The second-order valence-electron chi connectivity index (χ2n) is 5.47. The number of nitrogens with zero attached hydrogens (tertiary/aromatic N) is 2. The van der Waals surface area contributed by atoms with E-state index in [4.69, 9.17) is 5.73 Å². The lowest BCUT2D eigenvalue weighted by Gasteiger charge is -2.16. The Balaban J connectivity index is 1.97. The monoisotopic (exact) mass is 288 g/mol. The van der Waals surface area contributed by atoms with E-state index in [1.807, 2.05) is 43.1 Å². The van der Waals surface area contributed by atoms with Crippen LogP contribution >= 0.6 is 0 Å². The highest BCUT2D eigenvalue weighted by atomic mass is 16.1. The van der Waals surface area contributed by atoms with Crippen molar-refractivity contribution < 1.29 is 4.79 Å². The van der Waals surface area contributed by atoms with Gasteiger partial charge in [0.2, 0.25) is 0 Å². The van der Waals surface area contributed by atoms with Gasteiger partial charge in [-0.25, -0.2) is 4.99 Å². The van der Waals surface area contributed by atoms with E-state index in [1.165, 1.54) is 12.8 Å². The molecular formula is C16H24N4O. The number of rotatable bonds is 6. The van der Waals surface area contributed by atoms with Crippen LogP contribution in [0.4, 0.5) is 0 Å². The fourth-order valence-corrected chi connectivity index (χ4v) is 2.08. The number of benzene rings is 1. The number of carbonyl (C=O) groups excluding carboxylic acids is 1. The van der Waals surface area contributed by atoms with E-state index in [1.54, 1.807) is 0 Å². The van der Waals surface area contributed by atoms with Gasteiger partial charge in [0, 0.05) is 25.2 Å². The van der Waals surface area contributed by atoms with Gasteiger partial charge in [-0.3, -0.25) is 4.79 Å². The standard InChI is InChI=1S/C16H24N4O/c1-3-9-18-15(21)13-6-4-5-12(10-13)11-19-16(17)20(2)14-7-8-14/h4-6,10,14H,3,7-9,11H2,1-2H3,(H2,17,19)(H,18,21). The zero-order valence-electron chi connectivity index (χ0n) is 12.8. The molecule has 1 saturated carbocycles. The second kappa shape index (κ2) is 7.11. The van der Waals surface area contributed by atoms with Gasteiger partial charge in [-0.15, -0.1) is 0 Å². The van der Waals surface area contributed by atoms with E-state index in [0.29, 0.717) is 30.7 Å². The molecule has 0 atom stereocenters. The maximum absolute atomic E-state index is 11.9. The van der Waals surface area contributed by atoms with Crippen molar-refractivity contribution in [3.05, 3.63) is 35.4 Å². The molecule has 0 aromatic heterocycles. The highest BCUT2D eigenvalue weighted by Gasteiger charge is 2.27. The smallest absolute Gasteiger partial charge is 0.251 e. The summed E-state index contributed by atoms with van der Waals surface area (Å²) in [7, 11) is 1.98. The average Bonchev–Trinajstić information content (AvgIpc) is 3.34. The number of nitrogens with one attached hydrogen (secondary N) is 1. The fraction of sp³-hybridized carbons (Fsp3) is 0.500. The summed E-state index contributed by atoms with van der Waals surface area (Å²) in [5.74, 6) is 0.532. The summed E-state index contributed by atoms with van der Waals surface area (Å²) >= 11 is 0. The molecule has 1 aromatic carbocycles. The van der Waals surface area contributed by atoms with Crippen molar-refractivity contribution >= 4 is 11.9 Å². The first-order chi connectivity index (χ1) is 10.1. The molecule has 114 valence electrons. The third-order valence-electron chi connectivity index (χ3n) is 3.60. The van der Waals surface area contributed by atoms with Crippen LogP contribution in [-0.4, -0.2) is 36.4 Å². The minimum Gasteiger partial charge on any atom is -0.370 e. The van der Waals surface area contributed by atoms with Crippen molar-refractivity contribution in [1.29, 1.82) is 0 Å². The molecule has 0 unspecified atom stereocenters. The molecule has 2 rings (SSSR count). The van der Waals surface area contributed by atoms with E-state index in [9.17, 15) is 4.79 Å². The molecule has 1 aliphatic carbocycles. The first kappa shape index (κ1) is 15.4. The summed E-state index contributed by atoms with van der Waals surface area (Å²) in [6, 6.07) is 8.09. The molecule has 5 heteroatoms. The lowest BCUT2D eigenvalue weighted by Crippen LogP contribution is -2.35. The Morgan fingerprint density at radius 1 is 1.48 bits per heavy atom. The Bertz CT molecular complexity index is 523. The summed E-state index contributed by atoms with van der Waals surface area (Å²) in [6.07, 6.45) is 3.32. The highest BCUT2D eigenvalue weighted by molar-refractivity contribution is 5.94. The molecule has 0 heterocycles. The molecular weight excluding hydrogens is 264 g/mol. The van der Waals surface area contributed by atoms with Crippen molar-refractivity contribution in [1.82, 2.24) is 10.2 Å². The van der Waals surface area contributed by atoms with E-state index in [0.717, 1.165) is 12.0 Å². The molecule has 0 aliphatic heterocycles. The number of amides is 1. The van der Waals surface area contributed by atoms with Crippen molar-refractivity contribution in [2.24, 2.45) is 10.7 Å². The van der Waals surface area contributed by atoms with E-state index in [-0.39, 0.29) is 5.91 Å². The summed E-state index contributed by atoms with van der Waals surface area (Å²) in [4.78, 5) is 18.4. The van der Waals surface area contributed by atoms with Crippen LogP contribution in [0, 0.1) is 0 Å². The predicted octanol–water partition coefficient (Wildman–Crippen LogP) is 1.74. The van der Waals surface area contributed by atoms with Crippen LogP contribution in [0.3, 0.4) is 0 Å². The zero-order chi connectivity index (χ0) is 15.2. The minimum absolute atomic E-state index is 0.0363. The summed E-state index contributed by atoms with van der Waals surface area (Å²) in [6.45, 7) is 3.22. The molecule has 21 heavy (non-hydrogen) atoms. The number of aliphatic imine (C=N–C) groups is 1. The van der Waals surface area contributed by atoms with E-state index >= 15 is 0 Å². The summed E-state index contributed by atoms with van der Waals surface area (Å²) < 4.78 is 0. The summed E-state index contributed by atoms with van der Waals surface area (Å²) in [5, 5.41) is 2.87. The predicted molar refractivity (Wildman–Crippen MR) is 85.2 cm³/mol. The Labute approximate surface area is 126 Å². The molecule has 0 bridgehead atoms. The quantitative estimate of drug-likeness (QED) is 0.618. The van der Waals surface area contributed by atoms with Crippen molar-refractivity contribution in [2.45, 2.75) is 38.8 Å². The lowest BCUT2D eigenvalue weighted by atomic mass is 10.1. The Morgan fingerprint density at radius 3 is 2.90 bits per heavy atom. The molecule has 0 radical (unpaired) electrons. The Hall–Kier alpha value is -2.04. The molecule has 0 saturated heterocycles. The van der Waals surface area contributed by atoms with E-state index < -0.39 is 0 Å². The molecule has 0 spiro atoms. The molecule has 1 fully saturated rings. The third kappa shape index (κ3) is 4.48. The second-order valence-corrected chi connectivity index (χ2v) is 5.47. The Kier molecular flexibility index (Phi) is 5.20. The maximum atomic E-state index is 11.9. The molecule has 5 nitrogen and oxygen atoms in total. The lowest BCUT2D eigenvalue weighted by molar-refractivity contribution is 0.0953. The van der Waals surface area contributed by atoms with Gasteiger partial charge in [-0.2, -0.15) is 0 Å². The number of nitrogens with two attached hydrogens (primary N) is 1. The topological polar surface area (TPSA) is 70.7 Å². The Morgan fingerprint density at radius 2 is 2.24 bits per heavy atom. The van der Waals surface area contributed by atoms with Crippen molar-refractivity contribution in [3.8, 4) is 0 Å². The largest absolute Gasteiger partial charge is 0.370 e. The van der Waals surface area contributed by atoms with Gasteiger partial charge >= 0.3 is 0 Å². The van der Waals surface area contributed by atoms with Crippen LogP contribution in [-0.2, 0) is 6.54 Å². The van der Waals surface area contributed by atoms with Crippen LogP contribution in [0.5, 0.6) is 0 Å². The highest BCUT2D eigenvalue weighted by Crippen LogP contribution is 2.24. The van der Waals surface area contributed by atoms with Crippen LogP contribution in [0.2, 0.25) is 0 Å². The van der Waals surface area contributed by atoms with Gasteiger partial charge in [0.15, 0.2) is 5.96 Å². The van der Waals surface area contributed by atoms with Gasteiger partial charge in [0.1, 0.15) is 0 Å². The van der Waals surface area contributed by atoms with Crippen LogP contribution < -0.4 is 11.1 Å². The summed E-state index contributed by atoms with van der Waals surface area (Å²) in [5.41, 5.74) is 7.63. The van der Waals surface area contributed by atoms with Gasteiger partial charge in [-0.1, -0.05) is 19.1 Å². The van der Waals surface area contributed by atoms with Crippen molar-refractivity contribution in [2.75, 3.05) is 13.6 Å². The maximum Gasteiger partial charge on any atom is 0.251 e. The van der Waals surface area contributed by atoms with Crippen LogP contribution in [0.15, 0.2) is 29.3 Å². The molecule has 3 N–H and O–H groups in total. The molecule has 1 amide bonds. The normalized spacial score (nSPS) is 14.9. The average molecular weight is 288 g/mol. The molecule has 1 aromatic rings. The van der Waals surface area contributed by atoms with Gasteiger partial charge in [0.05, 0.1) is 6.54 Å². The third-order valence-corrected chi connectivity index (χ3v) is 3.60. The van der Waals surface area contributed by atoms with Gasteiger partial charge in [0.25, 0.3) is 5.91 Å². The zero-order valence-corrected chi connectivity index (χ0v) is 12.8. The number of carbonyl (C=O) groups is 1. The number of hydrogen-bond donors (Lipinski definition) is 2. The van der Waals surface area contributed by atoms with Gasteiger partial charge < -0.3 is 16.0 Å². The first-order valence-electron chi connectivity index (χ1n) is 7.51.